The molecule has 21 heavy (non-hydrogen) atoms. The molecule has 0 amide bonds. The SMILES string of the molecule is CCOC(=O)c1ccc(NCc2cccc(Cl)c2F)cc1. The molecule has 1 N–H and O–H groups in total. The van der Waals surface area contributed by atoms with E-state index in [0.717, 1.165) is 5.69 Å². The van der Waals surface area contributed by atoms with E-state index in [4.69, 9.17) is 16.3 Å². The molecule has 0 atom stereocenters. The Morgan fingerprint density at radius 2 is 1.95 bits per heavy atom. The van der Waals surface area contributed by atoms with Crippen molar-refractivity contribution in [3.8, 4) is 0 Å². The Labute approximate surface area is 127 Å². The van der Waals surface area contributed by atoms with E-state index in [9.17, 15) is 9.18 Å². The van der Waals surface area contributed by atoms with Crippen molar-refractivity contribution >= 4 is 23.3 Å². The molecule has 3 nitrogen and oxygen atoms in total. The zero-order valence-electron chi connectivity index (χ0n) is 11.5. The second-order valence-corrected chi connectivity index (χ2v) is 4.77. The van der Waals surface area contributed by atoms with E-state index in [-0.39, 0.29) is 11.0 Å². The van der Waals surface area contributed by atoms with Crippen molar-refractivity contribution < 1.29 is 13.9 Å². The number of ether oxygens (including phenoxy) is 1. The highest BCUT2D eigenvalue weighted by atomic mass is 35.5. The quantitative estimate of drug-likeness (QED) is 0.838. The molecule has 0 aliphatic heterocycles. The van der Waals surface area contributed by atoms with Gasteiger partial charge in [-0.3, -0.25) is 0 Å². The smallest absolute Gasteiger partial charge is 0.338 e. The van der Waals surface area contributed by atoms with Crippen molar-refractivity contribution in [2.45, 2.75) is 13.5 Å². The summed E-state index contributed by atoms with van der Waals surface area (Å²) in [6.07, 6.45) is 0. The molecule has 2 aromatic carbocycles. The Kier molecular flexibility index (Phi) is 5.17. The highest BCUT2D eigenvalue weighted by molar-refractivity contribution is 6.30. The summed E-state index contributed by atoms with van der Waals surface area (Å²) in [5.41, 5.74) is 1.75. The number of anilines is 1. The highest BCUT2D eigenvalue weighted by Gasteiger charge is 2.07. The summed E-state index contributed by atoms with van der Waals surface area (Å²) in [6.45, 7) is 2.41. The molecule has 0 heterocycles. The second kappa shape index (κ2) is 7.09. The van der Waals surface area contributed by atoms with Crippen LogP contribution in [-0.2, 0) is 11.3 Å². The Morgan fingerprint density at radius 3 is 2.62 bits per heavy atom. The van der Waals surface area contributed by atoms with Gasteiger partial charge in [0.1, 0.15) is 5.82 Å². The van der Waals surface area contributed by atoms with Gasteiger partial charge in [0.15, 0.2) is 0 Å². The number of hydrogen-bond acceptors (Lipinski definition) is 3. The molecule has 110 valence electrons. The molecule has 0 saturated carbocycles. The predicted octanol–water partition coefficient (Wildman–Crippen LogP) is 4.27. The van der Waals surface area contributed by atoms with Crippen LogP contribution in [0.25, 0.3) is 0 Å². The largest absolute Gasteiger partial charge is 0.462 e. The minimum atomic E-state index is -0.421. The van der Waals surface area contributed by atoms with Gasteiger partial charge in [-0.25, -0.2) is 9.18 Å². The molecule has 0 spiro atoms. The minimum Gasteiger partial charge on any atom is -0.462 e. The molecule has 0 fully saturated rings. The average Bonchev–Trinajstić information content (AvgIpc) is 2.49. The topological polar surface area (TPSA) is 38.3 Å². The average molecular weight is 308 g/mol. The van der Waals surface area contributed by atoms with Gasteiger partial charge in [0.05, 0.1) is 17.2 Å². The third-order valence-corrected chi connectivity index (χ3v) is 3.20. The number of benzene rings is 2. The molecular formula is C16H15ClFNO2. The number of nitrogens with one attached hydrogen (secondary N) is 1. The fourth-order valence-corrected chi connectivity index (χ4v) is 2.01. The molecule has 0 bridgehead atoms. The minimum absolute atomic E-state index is 0.104. The van der Waals surface area contributed by atoms with Crippen LogP contribution in [0.5, 0.6) is 0 Å². The standard InChI is InChI=1S/C16H15ClFNO2/c1-2-21-16(20)11-6-8-13(9-7-11)19-10-12-4-3-5-14(17)15(12)18/h3-9,19H,2,10H2,1H3. The molecule has 0 aliphatic carbocycles. The summed E-state index contributed by atoms with van der Waals surface area (Å²) in [6, 6.07) is 11.7. The maximum Gasteiger partial charge on any atom is 0.338 e. The van der Waals surface area contributed by atoms with Crippen molar-refractivity contribution in [1.82, 2.24) is 0 Å². The first-order valence-corrected chi connectivity index (χ1v) is 6.93. The zero-order valence-corrected chi connectivity index (χ0v) is 12.3. The Balaban J connectivity index is 2.01. The molecule has 0 saturated heterocycles. The van der Waals surface area contributed by atoms with Crippen molar-refractivity contribution in [1.29, 1.82) is 0 Å². The first-order chi connectivity index (χ1) is 10.1. The summed E-state index contributed by atoms with van der Waals surface area (Å²) < 4.78 is 18.6. The Morgan fingerprint density at radius 1 is 1.24 bits per heavy atom. The number of carbonyl (C=O) groups excluding carboxylic acids is 1. The first-order valence-electron chi connectivity index (χ1n) is 6.55. The third kappa shape index (κ3) is 3.95. The summed E-state index contributed by atoms with van der Waals surface area (Å²) in [7, 11) is 0. The summed E-state index contributed by atoms with van der Waals surface area (Å²) in [5.74, 6) is -0.778. The summed E-state index contributed by atoms with van der Waals surface area (Å²) in [4.78, 5) is 11.5. The van der Waals surface area contributed by atoms with Gasteiger partial charge in [-0.2, -0.15) is 0 Å². The van der Waals surface area contributed by atoms with Crippen LogP contribution in [0.2, 0.25) is 5.02 Å². The van der Waals surface area contributed by atoms with Crippen LogP contribution < -0.4 is 5.32 Å². The predicted molar refractivity (Wildman–Crippen MR) is 81.1 cm³/mol. The fraction of sp³-hybridized carbons (Fsp3) is 0.188. The lowest BCUT2D eigenvalue weighted by Crippen LogP contribution is -2.05. The van der Waals surface area contributed by atoms with Gasteiger partial charge in [0, 0.05) is 17.8 Å². The van der Waals surface area contributed by atoms with E-state index in [1.807, 2.05) is 0 Å². The fourth-order valence-electron chi connectivity index (χ4n) is 1.82. The lowest BCUT2D eigenvalue weighted by Gasteiger charge is -2.09. The number of esters is 1. The molecule has 2 rings (SSSR count). The van der Waals surface area contributed by atoms with Crippen LogP contribution in [0.15, 0.2) is 42.5 Å². The van der Waals surface area contributed by atoms with Gasteiger partial charge in [-0.05, 0) is 37.3 Å². The molecule has 0 aliphatic rings. The van der Waals surface area contributed by atoms with Crippen molar-refractivity contribution in [3.05, 3.63) is 64.4 Å². The van der Waals surface area contributed by atoms with Crippen LogP contribution >= 0.6 is 11.6 Å². The van der Waals surface area contributed by atoms with Gasteiger partial charge in [-0.1, -0.05) is 23.7 Å². The van der Waals surface area contributed by atoms with Crippen molar-refractivity contribution in [2.75, 3.05) is 11.9 Å². The Hall–Kier alpha value is -2.07. The van der Waals surface area contributed by atoms with E-state index in [1.54, 1.807) is 43.3 Å². The molecule has 5 heteroatoms. The lowest BCUT2D eigenvalue weighted by atomic mass is 10.2. The maximum absolute atomic E-state index is 13.7. The van der Waals surface area contributed by atoms with Crippen LogP contribution in [0.4, 0.5) is 10.1 Å². The highest BCUT2D eigenvalue weighted by Crippen LogP contribution is 2.19. The van der Waals surface area contributed by atoms with E-state index in [2.05, 4.69) is 5.32 Å². The monoisotopic (exact) mass is 307 g/mol. The summed E-state index contributed by atoms with van der Waals surface area (Å²) in [5, 5.41) is 3.18. The van der Waals surface area contributed by atoms with Gasteiger partial charge in [0.25, 0.3) is 0 Å². The van der Waals surface area contributed by atoms with Crippen molar-refractivity contribution in [2.24, 2.45) is 0 Å². The van der Waals surface area contributed by atoms with Crippen LogP contribution in [-0.4, -0.2) is 12.6 Å². The molecule has 0 unspecified atom stereocenters. The lowest BCUT2D eigenvalue weighted by molar-refractivity contribution is 0.0526. The van der Waals surface area contributed by atoms with E-state index in [1.165, 1.54) is 6.07 Å². The number of hydrogen-bond donors (Lipinski definition) is 1. The van der Waals surface area contributed by atoms with Crippen LogP contribution in [0, 0.1) is 5.82 Å². The third-order valence-electron chi connectivity index (χ3n) is 2.91. The molecule has 2 aromatic rings. The second-order valence-electron chi connectivity index (χ2n) is 4.36. The first kappa shape index (κ1) is 15.3. The number of rotatable bonds is 5. The van der Waals surface area contributed by atoms with E-state index < -0.39 is 5.82 Å². The number of halogens is 2. The maximum atomic E-state index is 13.7. The van der Waals surface area contributed by atoms with E-state index in [0.29, 0.717) is 24.3 Å². The van der Waals surface area contributed by atoms with E-state index >= 15 is 0 Å². The normalized spacial score (nSPS) is 10.2. The van der Waals surface area contributed by atoms with Gasteiger partial charge >= 0.3 is 5.97 Å². The van der Waals surface area contributed by atoms with Crippen LogP contribution in [0.1, 0.15) is 22.8 Å². The molecular weight excluding hydrogens is 293 g/mol. The molecule has 0 radical (unpaired) electrons. The van der Waals surface area contributed by atoms with Crippen molar-refractivity contribution in [3.63, 3.8) is 0 Å². The van der Waals surface area contributed by atoms with Gasteiger partial charge in [0.2, 0.25) is 0 Å². The number of carbonyl (C=O) groups is 1. The Bertz CT molecular complexity index is 629. The summed E-state index contributed by atoms with van der Waals surface area (Å²) >= 11 is 5.73. The van der Waals surface area contributed by atoms with Gasteiger partial charge < -0.3 is 10.1 Å². The molecule has 0 aromatic heterocycles. The van der Waals surface area contributed by atoms with Crippen LogP contribution in [0.3, 0.4) is 0 Å². The van der Waals surface area contributed by atoms with Gasteiger partial charge in [-0.15, -0.1) is 0 Å². The zero-order chi connectivity index (χ0) is 15.2.